The summed E-state index contributed by atoms with van der Waals surface area (Å²) in [6.07, 6.45) is -3.98. The third-order valence-electron chi connectivity index (χ3n) is 3.37. The molecule has 0 aliphatic heterocycles. The molecule has 0 saturated carbocycles. The number of aromatic carboxylic acids is 1. The van der Waals surface area contributed by atoms with E-state index in [1.807, 2.05) is 0 Å². The Hall–Kier alpha value is -3.10. The number of aromatic nitrogens is 3. The van der Waals surface area contributed by atoms with Crippen molar-refractivity contribution in [3.8, 4) is 17.0 Å². The van der Waals surface area contributed by atoms with Crippen molar-refractivity contribution in [2.24, 2.45) is 0 Å². The number of methoxy groups -OCH3 is 1. The smallest absolute Gasteiger partial charge is 0.433 e. The summed E-state index contributed by atoms with van der Waals surface area (Å²) >= 11 is 0. The molecule has 9 heteroatoms. The molecule has 3 rings (SSSR count). The molecule has 0 N–H and O–H groups in total. The monoisotopic (exact) mass is 336 g/mol. The van der Waals surface area contributed by atoms with Crippen LogP contribution in [0.1, 0.15) is 16.1 Å². The minimum absolute atomic E-state index is 0.0877. The summed E-state index contributed by atoms with van der Waals surface area (Å²) in [4.78, 5) is 15.1. The third-order valence-corrected chi connectivity index (χ3v) is 3.37. The highest BCUT2D eigenvalue weighted by atomic mass is 19.4. The standard InChI is InChI=1S/C15H10F3N3O3/c1-24-11-5-3-2-4-8(11)10-6-12(15(16,17)18)21-13(20-10)9(7-19-21)14(22)23/h2-7H,1H3,(H,22,23)/p-1. The quantitative estimate of drug-likeness (QED) is 0.728. The van der Waals surface area contributed by atoms with Crippen LogP contribution in [0.3, 0.4) is 0 Å². The first-order chi connectivity index (χ1) is 11.3. The average Bonchev–Trinajstić information content (AvgIpc) is 2.96. The van der Waals surface area contributed by atoms with Gasteiger partial charge in [-0.15, -0.1) is 0 Å². The van der Waals surface area contributed by atoms with Gasteiger partial charge in [0.1, 0.15) is 5.75 Å². The van der Waals surface area contributed by atoms with Gasteiger partial charge in [0.15, 0.2) is 11.3 Å². The van der Waals surface area contributed by atoms with E-state index in [2.05, 4.69) is 10.1 Å². The Morgan fingerprint density at radius 3 is 2.62 bits per heavy atom. The molecule has 2 heterocycles. The first-order valence-electron chi connectivity index (χ1n) is 6.63. The summed E-state index contributed by atoms with van der Waals surface area (Å²) < 4.78 is 45.5. The zero-order valence-electron chi connectivity index (χ0n) is 12.2. The van der Waals surface area contributed by atoms with E-state index in [1.54, 1.807) is 18.2 Å². The number of alkyl halides is 3. The number of nitrogens with zero attached hydrogens (tertiary/aromatic N) is 3. The Kier molecular flexibility index (Phi) is 3.63. The lowest BCUT2D eigenvalue weighted by molar-refractivity contribution is -0.254. The van der Waals surface area contributed by atoms with Crippen molar-refractivity contribution in [1.82, 2.24) is 14.6 Å². The van der Waals surface area contributed by atoms with E-state index < -0.39 is 29.1 Å². The van der Waals surface area contributed by atoms with Crippen LogP contribution in [0.25, 0.3) is 16.9 Å². The normalized spacial score (nSPS) is 11.7. The number of fused-ring (bicyclic) bond motifs is 1. The van der Waals surface area contributed by atoms with Gasteiger partial charge in [-0.1, -0.05) is 12.1 Å². The van der Waals surface area contributed by atoms with Gasteiger partial charge in [0.2, 0.25) is 0 Å². The van der Waals surface area contributed by atoms with Gasteiger partial charge < -0.3 is 14.6 Å². The second-order valence-corrected chi connectivity index (χ2v) is 4.81. The molecule has 0 radical (unpaired) electrons. The maximum Gasteiger partial charge on any atom is 0.433 e. The molecule has 0 saturated heterocycles. The van der Waals surface area contributed by atoms with Crippen LogP contribution in [-0.4, -0.2) is 27.7 Å². The van der Waals surface area contributed by atoms with E-state index in [0.29, 0.717) is 15.8 Å². The number of hydrogen-bond donors (Lipinski definition) is 0. The summed E-state index contributed by atoms with van der Waals surface area (Å²) in [6.45, 7) is 0. The summed E-state index contributed by atoms with van der Waals surface area (Å²) in [7, 11) is 1.37. The highest BCUT2D eigenvalue weighted by molar-refractivity contribution is 5.93. The molecular weight excluding hydrogens is 327 g/mol. The molecule has 0 bridgehead atoms. The lowest BCUT2D eigenvalue weighted by Crippen LogP contribution is -2.22. The van der Waals surface area contributed by atoms with Crippen molar-refractivity contribution in [2.45, 2.75) is 6.18 Å². The molecule has 124 valence electrons. The van der Waals surface area contributed by atoms with Gasteiger partial charge in [-0.05, 0) is 18.2 Å². The Morgan fingerprint density at radius 2 is 2.00 bits per heavy atom. The summed E-state index contributed by atoms with van der Waals surface area (Å²) in [5.74, 6) is -1.36. The number of halogens is 3. The van der Waals surface area contributed by atoms with Gasteiger partial charge >= 0.3 is 6.18 Å². The van der Waals surface area contributed by atoms with Gasteiger partial charge in [0.05, 0.1) is 30.5 Å². The summed E-state index contributed by atoms with van der Waals surface area (Å²) in [6, 6.07) is 7.12. The fourth-order valence-corrected chi connectivity index (χ4v) is 2.30. The minimum Gasteiger partial charge on any atom is -0.545 e. The number of para-hydroxylation sites is 1. The summed E-state index contributed by atoms with van der Waals surface area (Å²) in [5, 5.41) is 14.6. The zero-order valence-corrected chi connectivity index (χ0v) is 12.2. The highest BCUT2D eigenvalue weighted by Gasteiger charge is 2.35. The topological polar surface area (TPSA) is 79.5 Å². The SMILES string of the molecule is COc1ccccc1-c1cc(C(F)(F)F)n2ncc(C(=O)[O-])c2n1. The summed E-state index contributed by atoms with van der Waals surface area (Å²) in [5.41, 5.74) is -1.93. The van der Waals surface area contributed by atoms with Crippen LogP contribution < -0.4 is 9.84 Å². The number of rotatable bonds is 3. The lowest BCUT2D eigenvalue weighted by Gasteiger charge is -2.13. The Labute approximate surface area is 133 Å². The van der Waals surface area contributed by atoms with Crippen molar-refractivity contribution >= 4 is 11.6 Å². The predicted octanol–water partition coefficient (Wildman–Crippen LogP) is 1.79. The molecule has 0 spiro atoms. The number of carbonyl (C=O) groups excluding carboxylic acids is 1. The van der Waals surface area contributed by atoms with E-state index in [0.717, 1.165) is 12.3 Å². The fourth-order valence-electron chi connectivity index (χ4n) is 2.30. The van der Waals surface area contributed by atoms with Crippen LogP contribution in [0, 0.1) is 0 Å². The predicted molar refractivity (Wildman–Crippen MR) is 74.3 cm³/mol. The average molecular weight is 336 g/mol. The first-order valence-corrected chi connectivity index (χ1v) is 6.63. The van der Waals surface area contributed by atoms with Crippen molar-refractivity contribution in [2.75, 3.05) is 7.11 Å². The van der Waals surface area contributed by atoms with Crippen molar-refractivity contribution in [1.29, 1.82) is 0 Å². The second kappa shape index (κ2) is 5.52. The maximum absolute atomic E-state index is 13.3. The number of ether oxygens (including phenoxy) is 1. The molecule has 0 aliphatic carbocycles. The van der Waals surface area contributed by atoms with E-state index in [4.69, 9.17) is 4.74 Å². The van der Waals surface area contributed by atoms with Crippen molar-refractivity contribution in [3.05, 3.63) is 47.8 Å². The molecule has 24 heavy (non-hydrogen) atoms. The van der Waals surface area contributed by atoms with Crippen LogP contribution in [0.4, 0.5) is 13.2 Å². The van der Waals surface area contributed by atoms with Gasteiger partial charge in [-0.25, -0.2) is 9.50 Å². The van der Waals surface area contributed by atoms with Gasteiger partial charge in [0, 0.05) is 5.56 Å². The molecule has 0 atom stereocenters. The highest BCUT2D eigenvalue weighted by Crippen LogP contribution is 2.35. The van der Waals surface area contributed by atoms with Gasteiger partial charge in [-0.3, -0.25) is 0 Å². The van der Waals surface area contributed by atoms with E-state index >= 15 is 0 Å². The fraction of sp³-hybridized carbons (Fsp3) is 0.133. The van der Waals surface area contributed by atoms with Crippen LogP contribution in [0.15, 0.2) is 36.5 Å². The lowest BCUT2D eigenvalue weighted by atomic mass is 10.1. The van der Waals surface area contributed by atoms with E-state index in [9.17, 15) is 23.1 Å². The Bertz CT molecular complexity index is 935. The van der Waals surface area contributed by atoms with E-state index in [1.165, 1.54) is 13.2 Å². The first kappa shape index (κ1) is 15.8. The molecular formula is C15H9F3N3O3-. The molecule has 1 aromatic carbocycles. The molecule has 3 aromatic rings. The minimum atomic E-state index is -4.76. The van der Waals surface area contributed by atoms with Gasteiger partial charge in [0.25, 0.3) is 0 Å². The van der Waals surface area contributed by atoms with E-state index in [-0.39, 0.29) is 5.69 Å². The van der Waals surface area contributed by atoms with Crippen molar-refractivity contribution in [3.63, 3.8) is 0 Å². The maximum atomic E-state index is 13.3. The molecule has 6 nitrogen and oxygen atoms in total. The number of carboxylic acid groups (broad SMARTS) is 1. The van der Waals surface area contributed by atoms with Crippen LogP contribution >= 0.6 is 0 Å². The molecule has 0 unspecified atom stereocenters. The second-order valence-electron chi connectivity index (χ2n) is 4.81. The Morgan fingerprint density at radius 1 is 1.29 bits per heavy atom. The molecule has 0 amide bonds. The molecule has 0 fully saturated rings. The number of benzene rings is 1. The van der Waals surface area contributed by atoms with Crippen LogP contribution in [0.2, 0.25) is 0 Å². The largest absolute Gasteiger partial charge is 0.545 e. The van der Waals surface area contributed by atoms with Crippen molar-refractivity contribution < 1.29 is 27.8 Å². The molecule has 2 aromatic heterocycles. The van der Waals surface area contributed by atoms with Gasteiger partial charge in [-0.2, -0.15) is 18.3 Å². The molecule has 0 aliphatic rings. The third kappa shape index (κ3) is 2.53. The number of hydrogen-bond acceptors (Lipinski definition) is 5. The zero-order chi connectivity index (χ0) is 17.5. The number of carboxylic acids is 1. The number of carbonyl (C=O) groups is 1. The van der Waals surface area contributed by atoms with Crippen LogP contribution in [-0.2, 0) is 6.18 Å². The Balaban J connectivity index is 2.37. The van der Waals surface area contributed by atoms with Crippen LogP contribution in [0.5, 0.6) is 5.75 Å².